The fourth-order valence-corrected chi connectivity index (χ4v) is 5.54. The Labute approximate surface area is 209 Å². The number of aryl methyl sites for hydroxylation is 1. The van der Waals surface area contributed by atoms with E-state index in [2.05, 4.69) is 6.92 Å². The summed E-state index contributed by atoms with van der Waals surface area (Å²) < 4.78 is 9.98. The van der Waals surface area contributed by atoms with Crippen molar-refractivity contribution in [1.82, 2.24) is 18.6 Å². The number of nitrogens with zero attached hydrogens (tertiary/aromatic N) is 4. The molecule has 8 heteroatoms. The van der Waals surface area contributed by atoms with Gasteiger partial charge in [0.15, 0.2) is 0 Å². The van der Waals surface area contributed by atoms with Gasteiger partial charge in [0.1, 0.15) is 17.8 Å². The van der Waals surface area contributed by atoms with Gasteiger partial charge in [0, 0.05) is 25.0 Å². The molecule has 1 amide bonds. The number of rotatable bonds is 6. The third-order valence-electron chi connectivity index (χ3n) is 7.45. The summed E-state index contributed by atoms with van der Waals surface area (Å²) in [7, 11) is 3.40. The van der Waals surface area contributed by atoms with Crippen molar-refractivity contribution in [3.8, 4) is 5.75 Å². The number of likely N-dealkylation sites (tertiary alicyclic amines) is 1. The first-order chi connectivity index (χ1) is 17.4. The molecule has 0 N–H and O–H groups in total. The lowest BCUT2D eigenvalue weighted by Gasteiger charge is -2.35. The summed E-state index contributed by atoms with van der Waals surface area (Å²) in [5.41, 5.74) is 1.66. The fraction of sp³-hybridized carbons (Fsp3) is 0.393. The fourth-order valence-electron chi connectivity index (χ4n) is 5.54. The van der Waals surface area contributed by atoms with Crippen LogP contribution in [0.5, 0.6) is 5.75 Å². The van der Waals surface area contributed by atoms with Gasteiger partial charge in [0.2, 0.25) is 5.91 Å². The molecule has 2 aromatic heterocycles. The summed E-state index contributed by atoms with van der Waals surface area (Å²) in [6.07, 6.45) is 3.93. The minimum absolute atomic E-state index is 0.0882. The zero-order valence-corrected chi connectivity index (χ0v) is 21.1. The van der Waals surface area contributed by atoms with Gasteiger partial charge in [-0.15, -0.1) is 0 Å². The van der Waals surface area contributed by atoms with Crippen molar-refractivity contribution in [3.05, 3.63) is 74.9 Å². The van der Waals surface area contributed by atoms with Crippen molar-refractivity contribution in [2.75, 3.05) is 13.7 Å². The van der Waals surface area contributed by atoms with E-state index in [0.717, 1.165) is 36.8 Å². The topological polar surface area (TPSA) is 78.5 Å². The van der Waals surface area contributed by atoms with Gasteiger partial charge in [-0.05, 0) is 49.4 Å². The minimum atomic E-state index is -0.481. The van der Waals surface area contributed by atoms with Gasteiger partial charge in [-0.3, -0.25) is 18.7 Å². The van der Waals surface area contributed by atoms with Gasteiger partial charge >= 0.3 is 5.69 Å². The zero-order chi connectivity index (χ0) is 25.4. The summed E-state index contributed by atoms with van der Waals surface area (Å²) in [6.45, 7) is 2.81. The minimum Gasteiger partial charge on any atom is -0.497 e. The third-order valence-corrected chi connectivity index (χ3v) is 7.45. The molecule has 1 aliphatic rings. The molecule has 4 aromatic rings. The van der Waals surface area contributed by atoms with Crippen LogP contribution >= 0.6 is 0 Å². The van der Waals surface area contributed by atoms with Crippen LogP contribution in [0.15, 0.2) is 58.1 Å². The number of amides is 1. The molecule has 0 bridgehead atoms. The van der Waals surface area contributed by atoms with Crippen LogP contribution in [0, 0.1) is 0 Å². The Morgan fingerprint density at radius 1 is 1.03 bits per heavy atom. The quantitative estimate of drug-likeness (QED) is 0.416. The van der Waals surface area contributed by atoms with Gasteiger partial charge in [0.25, 0.3) is 5.56 Å². The van der Waals surface area contributed by atoms with Crippen LogP contribution in [0.3, 0.4) is 0 Å². The highest BCUT2D eigenvalue weighted by atomic mass is 16.5. The Kier molecular flexibility index (Phi) is 6.43. The number of hydrogen-bond acceptors (Lipinski definition) is 4. The maximum Gasteiger partial charge on any atom is 0.332 e. The van der Waals surface area contributed by atoms with Gasteiger partial charge < -0.3 is 14.2 Å². The van der Waals surface area contributed by atoms with Crippen molar-refractivity contribution >= 4 is 27.8 Å². The van der Waals surface area contributed by atoms with Crippen molar-refractivity contribution in [1.29, 1.82) is 0 Å². The molecule has 2 aromatic carbocycles. The molecular formula is C28H32N4O4. The van der Waals surface area contributed by atoms with E-state index in [0.29, 0.717) is 28.7 Å². The largest absolute Gasteiger partial charge is 0.497 e. The number of fused-ring (bicyclic) bond motifs is 3. The van der Waals surface area contributed by atoms with Crippen LogP contribution in [0.4, 0.5) is 0 Å². The van der Waals surface area contributed by atoms with Crippen LogP contribution in [-0.4, -0.2) is 44.2 Å². The number of ether oxygens (including phenoxy) is 1. The molecule has 0 saturated carbocycles. The number of carbonyl (C=O) groups excluding carboxylic acids is 1. The van der Waals surface area contributed by atoms with E-state index in [9.17, 15) is 14.4 Å². The molecule has 0 radical (unpaired) electrons. The second-order valence-electron chi connectivity index (χ2n) is 9.53. The Balaban J connectivity index is 1.75. The summed E-state index contributed by atoms with van der Waals surface area (Å²) in [6, 6.07) is 15.1. The SMILES string of the molecule is CC[C@H]1CCCCN1C(=O)Cn1c(=O)n(Cc2ccccc2)c(=O)c2c1c1cc(OC)ccc1n2C. The highest BCUT2D eigenvalue weighted by Gasteiger charge is 2.28. The summed E-state index contributed by atoms with van der Waals surface area (Å²) in [5, 5.41) is 0.714. The predicted molar refractivity (Wildman–Crippen MR) is 141 cm³/mol. The van der Waals surface area contributed by atoms with Gasteiger partial charge in [-0.25, -0.2) is 4.79 Å². The Hall–Kier alpha value is -3.81. The van der Waals surface area contributed by atoms with E-state index < -0.39 is 5.69 Å². The number of carbonyl (C=O) groups is 1. The molecule has 3 heterocycles. The third kappa shape index (κ3) is 4.00. The summed E-state index contributed by atoms with van der Waals surface area (Å²) in [5.74, 6) is 0.533. The Bertz CT molecular complexity index is 1550. The number of methoxy groups -OCH3 is 1. The van der Waals surface area contributed by atoms with Crippen LogP contribution in [-0.2, 0) is 24.9 Å². The molecular weight excluding hydrogens is 456 g/mol. The Morgan fingerprint density at radius 3 is 2.53 bits per heavy atom. The molecule has 1 aliphatic heterocycles. The van der Waals surface area contributed by atoms with Gasteiger partial charge in [-0.1, -0.05) is 37.3 Å². The monoisotopic (exact) mass is 488 g/mol. The van der Waals surface area contributed by atoms with E-state index in [1.165, 1.54) is 9.13 Å². The first-order valence-electron chi connectivity index (χ1n) is 12.6. The van der Waals surface area contributed by atoms with E-state index in [-0.39, 0.29) is 30.6 Å². The molecule has 188 valence electrons. The highest BCUT2D eigenvalue weighted by Crippen LogP contribution is 2.29. The molecule has 1 fully saturated rings. The maximum absolute atomic E-state index is 13.9. The zero-order valence-electron chi connectivity index (χ0n) is 21.1. The first kappa shape index (κ1) is 23.9. The first-order valence-corrected chi connectivity index (χ1v) is 12.6. The molecule has 5 rings (SSSR count). The average Bonchev–Trinajstić information content (AvgIpc) is 3.20. The molecule has 0 aliphatic carbocycles. The van der Waals surface area contributed by atoms with Crippen molar-refractivity contribution < 1.29 is 9.53 Å². The normalized spacial score (nSPS) is 16.1. The van der Waals surface area contributed by atoms with E-state index in [1.807, 2.05) is 65.0 Å². The molecule has 0 unspecified atom stereocenters. The molecule has 8 nitrogen and oxygen atoms in total. The van der Waals surface area contributed by atoms with Crippen LogP contribution in [0.2, 0.25) is 0 Å². The van der Waals surface area contributed by atoms with Crippen molar-refractivity contribution in [2.24, 2.45) is 7.05 Å². The maximum atomic E-state index is 13.9. The number of piperidine rings is 1. The predicted octanol–water partition coefficient (Wildman–Crippen LogP) is 3.50. The van der Waals surface area contributed by atoms with E-state index in [1.54, 1.807) is 7.11 Å². The average molecular weight is 489 g/mol. The molecule has 36 heavy (non-hydrogen) atoms. The van der Waals surface area contributed by atoms with Crippen molar-refractivity contribution in [2.45, 2.75) is 51.7 Å². The number of benzene rings is 2. The lowest BCUT2D eigenvalue weighted by atomic mass is 10.00. The smallest absolute Gasteiger partial charge is 0.332 e. The molecule has 0 spiro atoms. The van der Waals surface area contributed by atoms with Gasteiger partial charge in [0.05, 0.1) is 24.7 Å². The van der Waals surface area contributed by atoms with Gasteiger partial charge in [-0.2, -0.15) is 0 Å². The molecule has 1 atom stereocenters. The second-order valence-corrected chi connectivity index (χ2v) is 9.53. The molecule has 1 saturated heterocycles. The van der Waals surface area contributed by atoms with Crippen LogP contribution in [0.25, 0.3) is 21.9 Å². The lowest BCUT2D eigenvalue weighted by molar-refractivity contribution is -0.135. The standard InChI is InChI=1S/C28H32N4O4/c1-4-20-12-8-9-15-30(20)24(33)18-31-25-22-16-21(36-3)13-14-23(22)29(2)26(25)27(34)32(28(31)35)17-19-10-6-5-7-11-19/h5-7,10-11,13-14,16,20H,4,8-9,12,15,17-18H2,1-3H3/t20-/m0/s1. The Morgan fingerprint density at radius 2 is 1.81 bits per heavy atom. The van der Waals surface area contributed by atoms with Crippen LogP contribution < -0.4 is 16.0 Å². The summed E-state index contributed by atoms with van der Waals surface area (Å²) >= 11 is 0. The number of aromatic nitrogens is 3. The highest BCUT2D eigenvalue weighted by molar-refractivity contribution is 6.06. The van der Waals surface area contributed by atoms with Crippen molar-refractivity contribution in [3.63, 3.8) is 0 Å². The lowest BCUT2D eigenvalue weighted by Crippen LogP contribution is -2.47. The summed E-state index contributed by atoms with van der Waals surface area (Å²) in [4.78, 5) is 43.2. The van der Waals surface area contributed by atoms with Crippen LogP contribution in [0.1, 0.15) is 38.2 Å². The van der Waals surface area contributed by atoms with E-state index >= 15 is 0 Å². The van der Waals surface area contributed by atoms with E-state index in [4.69, 9.17) is 4.74 Å². The second kappa shape index (κ2) is 9.68. The number of hydrogen-bond donors (Lipinski definition) is 0.